The smallest absolute Gasteiger partial charge is 0.225 e. The lowest BCUT2D eigenvalue weighted by Gasteiger charge is -2.06. The number of rotatable bonds is 5. The van der Waals surface area contributed by atoms with Gasteiger partial charge < -0.3 is 11.1 Å². The molecule has 0 spiro atoms. The van der Waals surface area contributed by atoms with E-state index in [1.54, 1.807) is 42.5 Å². The molecular formula is C15H16N2O3S. The van der Waals surface area contributed by atoms with Gasteiger partial charge in [0.1, 0.15) is 0 Å². The summed E-state index contributed by atoms with van der Waals surface area (Å²) in [6.07, 6.45) is -0.0956. The normalized spacial score (nSPS) is 11.0. The van der Waals surface area contributed by atoms with Gasteiger partial charge in [0.25, 0.3) is 0 Å². The summed E-state index contributed by atoms with van der Waals surface area (Å²) in [5.74, 6) is -0.572. The number of benzene rings is 2. The van der Waals surface area contributed by atoms with Gasteiger partial charge in [0, 0.05) is 17.8 Å². The van der Waals surface area contributed by atoms with Crippen molar-refractivity contribution in [2.24, 2.45) is 0 Å². The van der Waals surface area contributed by atoms with E-state index in [-0.39, 0.29) is 23.0 Å². The second-order valence-corrected chi connectivity index (χ2v) is 6.66. The Morgan fingerprint density at radius 2 is 1.62 bits per heavy atom. The monoisotopic (exact) mass is 304 g/mol. The predicted octanol–water partition coefficient (Wildman–Crippen LogP) is 2.07. The van der Waals surface area contributed by atoms with E-state index in [2.05, 4.69) is 5.32 Å². The van der Waals surface area contributed by atoms with Gasteiger partial charge >= 0.3 is 0 Å². The van der Waals surface area contributed by atoms with Crippen molar-refractivity contribution in [1.82, 2.24) is 0 Å². The maximum Gasteiger partial charge on any atom is 0.225 e. The molecule has 0 saturated carbocycles. The fourth-order valence-electron chi connectivity index (χ4n) is 1.76. The third-order valence-electron chi connectivity index (χ3n) is 2.89. The summed E-state index contributed by atoms with van der Waals surface area (Å²) in [7, 11) is -3.44. The molecule has 0 aliphatic heterocycles. The lowest BCUT2D eigenvalue weighted by molar-refractivity contribution is -0.115. The highest BCUT2D eigenvalue weighted by Crippen LogP contribution is 2.13. The fourth-order valence-corrected chi connectivity index (χ4v) is 3.02. The molecule has 1 amide bonds. The van der Waals surface area contributed by atoms with Gasteiger partial charge in [-0.15, -0.1) is 0 Å². The molecule has 0 aromatic heterocycles. The van der Waals surface area contributed by atoms with E-state index >= 15 is 0 Å². The van der Waals surface area contributed by atoms with Crippen LogP contribution in [-0.2, 0) is 14.6 Å². The van der Waals surface area contributed by atoms with E-state index in [4.69, 9.17) is 5.73 Å². The Labute approximate surface area is 123 Å². The highest BCUT2D eigenvalue weighted by atomic mass is 32.2. The number of amides is 1. The first-order valence-corrected chi connectivity index (χ1v) is 8.06. The minimum Gasteiger partial charge on any atom is -0.399 e. The molecule has 2 aromatic rings. The molecule has 2 rings (SSSR count). The zero-order valence-electron chi connectivity index (χ0n) is 11.3. The average molecular weight is 304 g/mol. The molecule has 5 nitrogen and oxygen atoms in total. The van der Waals surface area contributed by atoms with Crippen LogP contribution in [0, 0.1) is 0 Å². The third-order valence-corrected chi connectivity index (χ3v) is 4.63. The van der Waals surface area contributed by atoms with Gasteiger partial charge in [0.2, 0.25) is 5.91 Å². The lowest BCUT2D eigenvalue weighted by atomic mass is 10.3. The Kier molecular flexibility index (Phi) is 4.59. The first kappa shape index (κ1) is 15.1. The van der Waals surface area contributed by atoms with Crippen LogP contribution in [-0.4, -0.2) is 20.1 Å². The lowest BCUT2D eigenvalue weighted by Crippen LogP contribution is -2.17. The van der Waals surface area contributed by atoms with Crippen molar-refractivity contribution in [2.45, 2.75) is 11.3 Å². The first-order chi connectivity index (χ1) is 9.97. The molecule has 2 aromatic carbocycles. The van der Waals surface area contributed by atoms with Crippen LogP contribution in [0.3, 0.4) is 0 Å². The van der Waals surface area contributed by atoms with Crippen LogP contribution in [0.2, 0.25) is 0 Å². The van der Waals surface area contributed by atoms with Crippen molar-refractivity contribution >= 4 is 27.1 Å². The summed E-state index contributed by atoms with van der Waals surface area (Å²) in [5.41, 5.74) is 6.73. The molecule has 0 bridgehead atoms. The van der Waals surface area contributed by atoms with Crippen molar-refractivity contribution in [3.05, 3.63) is 54.6 Å². The zero-order chi connectivity index (χ0) is 15.3. The molecule has 0 unspecified atom stereocenters. The summed E-state index contributed by atoms with van der Waals surface area (Å²) in [5, 5.41) is 2.63. The maximum absolute atomic E-state index is 12.0. The van der Waals surface area contributed by atoms with E-state index in [0.717, 1.165) is 0 Å². The van der Waals surface area contributed by atoms with Crippen LogP contribution >= 0.6 is 0 Å². The number of carbonyl (C=O) groups excluding carboxylic acids is 1. The maximum atomic E-state index is 12.0. The fraction of sp³-hybridized carbons (Fsp3) is 0.133. The van der Waals surface area contributed by atoms with Crippen molar-refractivity contribution in [3.63, 3.8) is 0 Å². The van der Waals surface area contributed by atoms with Crippen LogP contribution in [0.1, 0.15) is 6.42 Å². The molecular weight excluding hydrogens is 288 g/mol. The number of hydrogen-bond donors (Lipinski definition) is 2. The first-order valence-electron chi connectivity index (χ1n) is 6.40. The van der Waals surface area contributed by atoms with Crippen molar-refractivity contribution < 1.29 is 13.2 Å². The van der Waals surface area contributed by atoms with E-state index in [1.807, 2.05) is 0 Å². The Morgan fingerprint density at radius 3 is 2.24 bits per heavy atom. The molecule has 3 N–H and O–H groups in total. The Morgan fingerprint density at radius 1 is 1.00 bits per heavy atom. The molecule has 0 aliphatic carbocycles. The van der Waals surface area contributed by atoms with Crippen LogP contribution in [0.15, 0.2) is 59.5 Å². The summed E-state index contributed by atoms with van der Waals surface area (Å²) < 4.78 is 24.1. The highest BCUT2D eigenvalue weighted by Gasteiger charge is 2.16. The predicted molar refractivity (Wildman–Crippen MR) is 82.6 cm³/mol. The van der Waals surface area contributed by atoms with Crippen molar-refractivity contribution in [1.29, 1.82) is 0 Å². The van der Waals surface area contributed by atoms with E-state index < -0.39 is 9.84 Å². The van der Waals surface area contributed by atoms with E-state index in [0.29, 0.717) is 11.4 Å². The SMILES string of the molecule is Nc1ccc(NC(=O)CCS(=O)(=O)c2ccccc2)cc1. The number of nitrogens with two attached hydrogens (primary N) is 1. The van der Waals surface area contributed by atoms with Gasteiger partial charge in [-0.1, -0.05) is 18.2 Å². The summed E-state index contributed by atoms with van der Waals surface area (Å²) in [6, 6.07) is 14.8. The molecule has 110 valence electrons. The molecule has 0 saturated heterocycles. The zero-order valence-corrected chi connectivity index (χ0v) is 12.1. The van der Waals surface area contributed by atoms with Gasteiger partial charge in [-0.05, 0) is 36.4 Å². The van der Waals surface area contributed by atoms with Gasteiger partial charge in [0.15, 0.2) is 9.84 Å². The van der Waals surface area contributed by atoms with Gasteiger partial charge in [-0.2, -0.15) is 0 Å². The number of hydrogen-bond acceptors (Lipinski definition) is 4. The standard InChI is InChI=1S/C15H16N2O3S/c16-12-6-8-13(9-7-12)17-15(18)10-11-21(19,20)14-4-2-1-3-5-14/h1-9H,10-11,16H2,(H,17,18). The van der Waals surface area contributed by atoms with E-state index in [1.165, 1.54) is 12.1 Å². The van der Waals surface area contributed by atoms with Gasteiger partial charge in [0.05, 0.1) is 10.6 Å². The van der Waals surface area contributed by atoms with E-state index in [9.17, 15) is 13.2 Å². The Bertz CT molecular complexity index is 710. The highest BCUT2D eigenvalue weighted by molar-refractivity contribution is 7.91. The summed E-state index contributed by atoms with van der Waals surface area (Å²) in [4.78, 5) is 12.0. The molecule has 21 heavy (non-hydrogen) atoms. The minimum atomic E-state index is -3.44. The minimum absolute atomic E-state index is 0.0956. The quantitative estimate of drug-likeness (QED) is 0.828. The van der Waals surface area contributed by atoms with Gasteiger partial charge in [-0.25, -0.2) is 8.42 Å². The van der Waals surface area contributed by atoms with Gasteiger partial charge in [-0.3, -0.25) is 4.79 Å². The van der Waals surface area contributed by atoms with Crippen LogP contribution in [0.25, 0.3) is 0 Å². The number of sulfone groups is 1. The Balaban J connectivity index is 1.93. The van der Waals surface area contributed by atoms with Crippen LogP contribution in [0.5, 0.6) is 0 Å². The third kappa shape index (κ3) is 4.32. The molecule has 6 heteroatoms. The molecule has 0 atom stereocenters. The number of nitrogen functional groups attached to an aromatic ring is 1. The summed E-state index contributed by atoms with van der Waals surface area (Å²) in [6.45, 7) is 0. The molecule has 0 aliphatic rings. The number of nitrogens with one attached hydrogen (secondary N) is 1. The van der Waals surface area contributed by atoms with Crippen LogP contribution in [0.4, 0.5) is 11.4 Å². The van der Waals surface area contributed by atoms with Crippen molar-refractivity contribution in [2.75, 3.05) is 16.8 Å². The molecule has 0 fully saturated rings. The largest absolute Gasteiger partial charge is 0.399 e. The average Bonchev–Trinajstić information content (AvgIpc) is 2.49. The number of carbonyl (C=O) groups is 1. The molecule has 0 heterocycles. The molecule has 0 radical (unpaired) electrons. The second kappa shape index (κ2) is 6.41. The summed E-state index contributed by atoms with van der Waals surface area (Å²) >= 11 is 0. The second-order valence-electron chi connectivity index (χ2n) is 4.55. The van der Waals surface area contributed by atoms with Crippen molar-refractivity contribution in [3.8, 4) is 0 Å². The topological polar surface area (TPSA) is 89.3 Å². The van der Waals surface area contributed by atoms with Crippen LogP contribution < -0.4 is 11.1 Å². The number of anilines is 2. The Hall–Kier alpha value is -2.34.